The number of nitro benzene ring substituents is 1. The average Bonchev–Trinajstić information content (AvgIpc) is 3.50. The lowest BCUT2D eigenvalue weighted by molar-refractivity contribution is -0.384. The minimum absolute atomic E-state index is 0.0388. The van der Waals surface area contributed by atoms with E-state index in [-0.39, 0.29) is 40.2 Å². The molecule has 0 unspecified atom stereocenters. The van der Waals surface area contributed by atoms with Crippen molar-refractivity contribution in [2.75, 3.05) is 7.11 Å². The minimum Gasteiger partial charge on any atom is -0.463 e. The summed E-state index contributed by atoms with van der Waals surface area (Å²) in [6.45, 7) is -0.154. The van der Waals surface area contributed by atoms with Crippen LogP contribution in [0.3, 0.4) is 0 Å². The highest BCUT2D eigenvalue weighted by Gasteiger charge is 2.36. The number of hydrogen-bond donors (Lipinski definition) is 0. The number of thioether (sulfide) groups is 1. The lowest BCUT2D eigenvalue weighted by atomic mass is 10.1. The summed E-state index contributed by atoms with van der Waals surface area (Å²) in [5.74, 6) is -0.505. The molecular formula is C21H14N2O8S. The van der Waals surface area contributed by atoms with Crippen LogP contribution in [-0.2, 0) is 16.1 Å². The van der Waals surface area contributed by atoms with Crippen LogP contribution in [0.4, 0.5) is 10.5 Å². The number of para-hydroxylation sites is 1. The predicted octanol–water partition coefficient (Wildman–Crippen LogP) is 4.47. The maximum atomic E-state index is 12.7. The Labute approximate surface area is 184 Å². The second-order valence-corrected chi connectivity index (χ2v) is 7.49. The fourth-order valence-corrected chi connectivity index (χ4v) is 3.83. The van der Waals surface area contributed by atoms with Gasteiger partial charge in [-0.15, -0.1) is 0 Å². The van der Waals surface area contributed by atoms with Gasteiger partial charge in [-0.3, -0.25) is 24.6 Å². The first kappa shape index (κ1) is 21.1. The topological polar surface area (TPSA) is 133 Å². The van der Waals surface area contributed by atoms with Gasteiger partial charge in [0.15, 0.2) is 0 Å². The summed E-state index contributed by atoms with van der Waals surface area (Å²) in [5.41, 5.74) is 0.183. The predicted molar refractivity (Wildman–Crippen MR) is 112 cm³/mol. The molecule has 3 heterocycles. The van der Waals surface area contributed by atoms with Crippen LogP contribution in [0.1, 0.15) is 22.1 Å². The van der Waals surface area contributed by atoms with Gasteiger partial charge in [-0.05, 0) is 42.1 Å². The summed E-state index contributed by atoms with van der Waals surface area (Å²) in [6.07, 6.45) is 1.39. The molecular weight excluding hydrogens is 440 g/mol. The molecule has 1 fully saturated rings. The Balaban J connectivity index is 1.53. The van der Waals surface area contributed by atoms with Gasteiger partial charge in [-0.25, -0.2) is 4.79 Å². The smallest absolute Gasteiger partial charge is 0.373 e. The zero-order valence-corrected chi connectivity index (χ0v) is 17.3. The third kappa shape index (κ3) is 4.05. The molecule has 1 aliphatic heterocycles. The number of amides is 2. The molecule has 0 N–H and O–H groups in total. The lowest BCUT2D eigenvalue weighted by Crippen LogP contribution is -2.27. The van der Waals surface area contributed by atoms with Gasteiger partial charge in [0.25, 0.3) is 16.8 Å². The molecule has 32 heavy (non-hydrogen) atoms. The Hall–Kier alpha value is -4.12. The summed E-state index contributed by atoms with van der Waals surface area (Å²) >= 11 is 0.724. The zero-order valence-electron chi connectivity index (χ0n) is 16.5. The average molecular weight is 454 g/mol. The van der Waals surface area contributed by atoms with E-state index in [9.17, 15) is 24.5 Å². The van der Waals surface area contributed by atoms with Crippen LogP contribution in [0.15, 0.2) is 62.3 Å². The quantitative estimate of drug-likeness (QED) is 0.229. The standard InChI is InChI=1S/C21H14N2O8S/c1-29-20(25)17-9-7-13(31-17)11-22-19(24)18(32-21(22)26)10-12-6-8-16(30-12)14-4-2-3-5-15(14)23(27)28/h2-10H,11H2,1H3. The summed E-state index contributed by atoms with van der Waals surface area (Å²) in [4.78, 5) is 48.3. The molecule has 0 atom stereocenters. The van der Waals surface area contributed by atoms with Crippen LogP contribution in [0.2, 0.25) is 0 Å². The molecule has 0 saturated carbocycles. The van der Waals surface area contributed by atoms with Gasteiger partial charge in [0.1, 0.15) is 17.3 Å². The number of ether oxygens (including phenoxy) is 1. The van der Waals surface area contributed by atoms with E-state index in [1.165, 1.54) is 31.4 Å². The van der Waals surface area contributed by atoms with E-state index in [1.54, 1.807) is 30.3 Å². The van der Waals surface area contributed by atoms with Crippen LogP contribution >= 0.6 is 11.8 Å². The van der Waals surface area contributed by atoms with E-state index in [0.29, 0.717) is 5.56 Å². The molecule has 3 aromatic rings. The first-order valence-electron chi connectivity index (χ1n) is 9.13. The Morgan fingerprint density at radius 2 is 1.94 bits per heavy atom. The van der Waals surface area contributed by atoms with Crippen LogP contribution in [-0.4, -0.2) is 34.0 Å². The summed E-state index contributed by atoms with van der Waals surface area (Å²) in [6, 6.07) is 12.1. The normalized spacial score (nSPS) is 14.9. The molecule has 2 amide bonds. The van der Waals surface area contributed by atoms with Crippen molar-refractivity contribution in [2.45, 2.75) is 6.54 Å². The second kappa shape index (κ2) is 8.55. The summed E-state index contributed by atoms with van der Waals surface area (Å²) in [7, 11) is 1.21. The Kier molecular flexibility index (Phi) is 5.65. The van der Waals surface area contributed by atoms with Gasteiger partial charge in [0, 0.05) is 12.1 Å². The third-order valence-corrected chi connectivity index (χ3v) is 5.41. The number of methoxy groups -OCH3 is 1. The van der Waals surface area contributed by atoms with Crippen LogP contribution < -0.4 is 0 Å². The fraction of sp³-hybridized carbons (Fsp3) is 0.0952. The number of esters is 1. The summed E-state index contributed by atoms with van der Waals surface area (Å²) < 4.78 is 15.5. The maximum absolute atomic E-state index is 12.7. The van der Waals surface area contributed by atoms with E-state index in [4.69, 9.17) is 8.83 Å². The van der Waals surface area contributed by atoms with Gasteiger partial charge in [-0.1, -0.05) is 12.1 Å². The van der Waals surface area contributed by atoms with Crippen molar-refractivity contribution in [2.24, 2.45) is 0 Å². The van der Waals surface area contributed by atoms with E-state index in [1.807, 2.05) is 0 Å². The van der Waals surface area contributed by atoms with E-state index in [2.05, 4.69) is 4.74 Å². The Bertz CT molecular complexity index is 1270. The highest BCUT2D eigenvalue weighted by molar-refractivity contribution is 8.18. The molecule has 11 heteroatoms. The summed E-state index contributed by atoms with van der Waals surface area (Å²) in [5, 5.41) is 10.7. The number of nitrogens with zero attached hydrogens (tertiary/aromatic N) is 2. The van der Waals surface area contributed by atoms with E-state index < -0.39 is 22.0 Å². The van der Waals surface area contributed by atoms with Gasteiger partial charge >= 0.3 is 5.97 Å². The van der Waals surface area contributed by atoms with Crippen LogP contribution in [0, 0.1) is 10.1 Å². The third-order valence-electron chi connectivity index (χ3n) is 4.50. The van der Waals surface area contributed by atoms with Crippen molar-refractivity contribution in [3.63, 3.8) is 0 Å². The van der Waals surface area contributed by atoms with Gasteiger partial charge < -0.3 is 13.6 Å². The van der Waals surface area contributed by atoms with Crippen molar-refractivity contribution in [1.29, 1.82) is 0 Å². The van der Waals surface area contributed by atoms with Crippen molar-refractivity contribution in [1.82, 2.24) is 4.90 Å². The molecule has 0 aliphatic carbocycles. The number of carbonyl (C=O) groups is 3. The van der Waals surface area contributed by atoms with Gasteiger partial charge in [0.05, 0.1) is 29.0 Å². The highest BCUT2D eigenvalue weighted by atomic mass is 32.2. The van der Waals surface area contributed by atoms with Crippen molar-refractivity contribution >= 4 is 40.6 Å². The molecule has 4 rings (SSSR count). The molecule has 2 aromatic heterocycles. The van der Waals surface area contributed by atoms with E-state index >= 15 is 0 Å². The lowest BCUT2D eigenvalue weighted by Gasteiger charge is -2.09. The Morgan fingerprint density at radius 3 is 2.69 bits per heavy atom. The van der Waals surface area contributed by atoms with Crippen molar-refractivity contribution in [3.8, 4) is 11.3 Å². The van der Waals surface area contributed by atoms with Crippen LogP contribution in [0.25, 0.3) is 17.4 Å². The number of hydrogen-bond acceptors (Lipinski definition) is 9. The molecule has 0 spiro atoms. The van der Waals surface area contributed by atoms with Crippen LogP contribution in [0.5, 0.6) is 0 Å². The number of benzene rings is 1. The molecule has 162 valence electrons. The molecule has 0 bridgehead atoms. The monoisotopic (exact) mass is 454 g/mol. The number of furan rings is 2. The molecule has 10 nitrogen and oxygen atoms in total. The van der Waals surface area contributed by atoms with Gasteiger partial charge in [0.2, 0.25) is 5.76 Å². The number of rotatable bonds is 6. The molecule has 0 radical (unpaired) electrons. The Morgan fingerprint density at radius 1 is 1.16 bits per heavy atom. The first-order chi connectivity index (χ1) is 15.4. The van der Waals surface area contributed by atoms with E-state index in [0.717, 1.165) is 16.7 Å². The number of nitro groups is 1. The molecule has 1 aromatic carbocycles. The maximum Gasteiger partial charge on any atom is 0.373 e. The fourth-order valence-electron chi connectivity index (χ4n) is 3.01. The van der Waals surface area contributed by atoms with Crippen molar-refractivity contribution < 1.29 is 32.9 Å². The molecule has 1 aliphatic rings. The number of imide groups is 1. The highest BCUT2D eigenvalue weighted by Crippen LogP contribution is 2.35. The SMILES string of the molecule is COC(=O)c1ccc(CN2C(=O)SC(=Cc3ccc(-c4ccccc4[N+](=O)[O-])o3)C2=O)o1. The van der Waals surface area contributed by atoms with Gasteiger partial charge in [-0.2, -0.15) is 0 Å². The largest absolute Gasteiger partial charge is 0.463 e. The minimum atomic E-state index is -0.669. The zero-order chi connectivity index (χ0) is 22.8. The molecule has 1 saturated heterocycles. The first-order valence-corrected chi connectivity index (χ1v) is 9.95. The number of carbonyl (C=O) groups excluding carboxylic acids is 3. The second-order valence-electron chi connectivity index (χ2n) is 6.50. The van der Waals surface area contributed by atoms with Crippen molar-refractivity contribution in [3.05, 3.63) is 80.8 Å².